The Bertz CT molecular complexity index is 1800. The number of anilines is 1. The zero-order valence-electron chi connectivity index (χ0n) is 28.5. The summed E-state index contributed by atoms with van der Waals surface area (Å²) in [4.78, 5) is 15.6. The van der Waals surface area contributed by atoms with Crippen molar-refractivity contribution in [3.05, 3.63) is 65.3 Å². The number of aromatic nitrogens is 1. The number of aryl methyl sites for hydroxylation is 2. The van der Waals surface area contributed by atoms with E-state index in [0.717, 1.165) is 22.9 Å². The smallest absolute Gasteiger partial charge is 0.267 e. The lowest BCUT2D eigenvalue weighted by Crippen LogP contribution is -2.48. The second-order valence-corrected chi connectivity index (χ2v) is 16.2. The third kappa shape index (κ3) is 9.16. The molecular weight excluding hydrogens is 680 g/mol. The molecule has 2 aromatic carbocycles. The molecule has 0 radical (unpaired) electrons. The third-order valence-corrected chi connectivity index (χ3v) is 12.0. The highest BCUT2D eigenvalue weighted by Gasteiger charge is 2.33. The van der Waals surface area contributed by atoms with Crippen LogP contribution < -0.4 is 9.46 Å². The molecule has 0 spiro atoms. The van der Waals surface area contributed by atoms with Gasteiger partial charge < -0.3 is 24.0 Å². The SMILES string of the molecule is Cc1noc(C)c1S(=O)(=O)Nc1ccc2c(c1)C(=O)N([C@H](C)CO)C[C@H](C)[C@H](CN(C)S(=O)(=O)c1ccc(F)cc1)OCCCC[C@H](C)O2. The van der Waals surface area contributed by atoms with Crippen molar-refractivity contribution in [3.8, 4) is 5.75 Å². The van der Waals surface area contributed by atoms with E-state index < -0.39 is 49.8 Å². The number of hydrogen-bond donors (Lipinski definition) is 2. The number of fused-ring (bicyclic) bond motifs is 1. The maximum absolute atomic E-state index is 14.4. The average Bonchev–Trinajstić information content (AvgIpc) is 3.40. The summed E-state index contributed by atoms with van der Waals surface area (Å²) < 4.78 is 88.0. The zero-order chi connectivity index (χ0) is 36.1. The van der Waals surface area contributed by atoms with Crippen molar-refractivity contribution in [1.82, 2.24) is 14.4 Å². The van der Waals surface area contributed by atoms with Crippen molar-refractivity contribution in [2.75, 3.05) is 38.1 Å². The highest BCUT2D eigenvalue weighted by atomic mass is 32.2. The molecule has 1 aliphatic rings. The molecule has 1 amide bonds. The Morgan fingerprint density at radius 2 is 1.80 bits per heavy atom. The number of aliphatic hydroxyl groups is 1. The van der Waals surface area contributed by atoms with E-state index in [1.54, 1.807) is 6.92 Å². The molecule has 0 unspecified atom stereocenters. The van der Waals surface area contributed by atoms with Gasteiger partial charge in [-0.3, -0.25) is 9.52 Å². The second-order valence-electron chi connectivity index (χ2n) is 12.5. The molecule has 0 saturated heterocycles. The molecule has 13 nitrogen and oxygen atoms in total. The Morgan fingerprint density at radius 3 is 2.43 bits per heavy atom. The lowest BCUT2D eigenvalue weighted by atomic mass is 10.0. The van der Waals surface area contributed by atoms with Gasteiger partial charge in [-0.1, -0.05) is 12.1 Å². The predicted octanol–water partition coefficient (Wildman–Crippen LogP) is 4.35. The van der Waals surface area contributed by atoms with Crippen molar-refractivity contribution in [2.45, 2.75) is 81.9 Å². The summed E-state index contributed by atoms with van der Waals surface area (Å²) >= 11 is 0. The summed E-state index contributed by atoms with van der Waals surface area (Å²) in [5.74, 6) is -1.16. The van der Waals surface area contributed by atoms with Gasteiger partial charge in [-0.2, -0.15) is 4.31 Å². The number of nitrogens with one attached hydrogen (secondary N) is 1. The van der Waals surface area contributed by atoms with Gasteiger partial charge in [-0.25, -0.2) is 21.2 Å². The first kappa shape index (κ1) is 38.2. The van der Waals surface area contributed by atoms with E-state index in [0.29, 0.717) is 19.4 Å². The van der Waals surface area contributed by atoms with Crippen LogP contribution in [0, 0.1) is 25.6 Å². The minimum absolute atomic E-state index is 0.0552. The molecule has 1 aromatic heterocycles. The Balaban J connectivity index is 1.69. The number of benzene rings is 2. The van der Waals surface area contributed by atoms with E-state index in [4.69, 9.17) is 14.0 Å². The molecule has 1 aliphatic heterocycles. The van der Waals surface area contributed by atoms with Crippen LogP contribution in [0.5, 0.6) is 5.75 Å². The van der Waals surface area contributed by atoms with E-state index in [-0.39, 0.29) is 64.0 Å². The Hall–Kier alpha value is -3.57. The van der Waals surface area contributed by atoms with Gasteiger partial charge in [0.25, 0.3) is 15.9 Å². The Morgan fingerprint density at radius 1 is 1.10 bits per heavy atom. The van der Waals surface area contributed by atoms with E-state index in [2.05, 4.69) is 9.88 Å². The number of likely N-dealkylation sites (N-methyl/N-ethyl adjacent to an activating group) is 1. The van der Waals surface area contributed by atoms with Crippen LogP contribution in [0.1, 0.15) is 61.8 Å². The molecule has 0 aliphatic carbocycles. The molecule has 49 heavy (non-hydrogen) atoms. The summed E-state index contributed by atoms with van der Waals surface area (Å²) in [5, 5.41) is 13.9. The minimum atomic E-state index is -4.13. The van der Waals surface area contributed by atoms with Gasteiger partial charge in [0.05, 0.1) is 35.3 Å². The summed E-state index contributed by atoms with van der Waals surface area (Å²) in [5.41, 5.74) is 0.355. The monoisotopic (exact) mass is 724 g/mol. The number of hydrogen-bond acceptors (Lipinski definition) is 10. The minimum Gasteiger partial charge on any atom is -0.490 e. The quantitative estimate of drug-likeness (QED) is 0.324. The van der Waals surface area contributed by atoms with Crippen molar-refractivity contribution < 1.29 is 45.1 Å². The van der Waals surface area contributed by atoms with Gasteiger partial charge in [0, 0.05) is 38.3 Å². The molecule has 0 saturated carbocycles. The summed E-state index contributed by atoms with van der Waals surface area (Å²) in [6.45, 7) is 8.31. The van der Waals surface area contributed by atoms with Crippen LogP contribution in [0.15, 0.2) is 56.8 Å². The first-order valence-electron chi connectivity index (χ1n) is 16.1. The first-order chi connectivity index (χ1) is 23.0. The van der Waals surface area contributed by atoms with Gasteiger partial charge in [0.15, 0.2) is 10.7 Å². The number of carbonyl (C=O) groups excluding carboxylic acids is 1. The topological polar surface area (TPSA) is 169 Å². The molecule has 16 heteroatoms. The number of nitrogens with zero attached hydrogens (tertiary/aromatic N) is 3. The zero-order valence-corrected chi connectivity index (χ0v) is 30.2. The number of amides is 1. The van der Waals surface area contributed by atoms with Crippen LogP contribution in [-0.2, 0) is 24.8 Å². The van der Waals surface area contributed by atoms with Crippen molar-refractivity contribution in [1.29, 1.82) is 0 Å². The lowest BCUT2D eigenvalue weighted by molar-refractivity contribution is -0.00834. The summed E-state index contributed by atoms with van der Waals surface area (Å²) in [6.07, 6.45) is 1.03. The second kappa shape index (κ2) is 16.0. The van der Waals surface area contributed by atoms with E-state index in [9.17, 15) is 31.1 Å². The lowest BCUT2D eigenvalue weighted by Gasteiger charge is -2.35. The normalized spacial score (nSPS) is 20.7. The number of rotatable bonds is 9. The van der Waals surface area contributed by atoms with Gasteiger partial charge in [0.1, 0.15) is 17.3 Å². The fourth-order valence-corrected chi connectivity index (χ4v) is 8.22. The summed E-state index contributed by atoms with van der Waals surface area (Å²) in [6, 6.07) is 8.31. The van der Waals surface area contributed by atoms with Crippen LogP contribution in [0.25, 0.3) is 0 Å². The molecule has 4 atom stereocenters. The molecule has 0 bridgehead atoms. The predicted molar refractivity (Wildman–Crippen MR) is 180 cm³/mol. The molecule has 0 fully saturated rings. The average molecular weight is 725 g/mol. The van der Waals surface area contributed by atoms with Crippen LogP contribution in [0.3, 0.4) is 0 Å². The van der Waals surface area contributed by atoms with Gasteiger partial charge >= 0.3 is 0 Å². The number of aliphatic hydroxyl groups excluding tert-OH is 1. The van der Waals surface area contributed by atoms with Gasteiger partial charge in [-0.15, -0.1) is 0 Å². The largest absolute Gasteiger partial charge is 0.490 e. The maximum atomic E-state index is 14.4. The van der Waals surface area contributed by atoms with Gasteiger partial charge in [-0.05, 0) is 89.4 Å². The molecule has 2 N–H and O–H groups in total. The number of halogens is 1. The van der Waals surface area contributed by atoms with Crippen LogP contribution in [0.4, 0.5) is 10.1 Å². The number of ether oxygens (including phenoxy) is 2. The van der Waals surface area contributed by atoms with E-state index in [1.165, 1.54) is 56.1 Å². The Kier molecular flexibility index (Phi) is 12.5. The molecule has 270 valence electrons. The van der Waals surface area contributed by atoms with Crippen molar-refractivity contribution >= 4 is 31.6 Å². The molecule has 4 rings (SSSR count). The fraction of sp³-hybridized carbons (Fsp3) is 0.515. The highest BCUT2D eigenvalue weighted by molar-refractivity contribution is 7.92. The van der Waals surface area contributed by atoms with E-state index in [1.807, 2.05) is 13.8 Å². The first-order valence-corrected chi connectivity index (χ1v) is 19.0. The number of sulfonamides is 2. The number of carbonyl (C=O) groups is 1. The van der Waals surface area contributed by atoms with Crippen LogP contribution in [-0.4, -0.2) is 93.8 Å². The van der Waals surface area contributed by atoms with Crippen molar-refractivity contribution in [3.63, 3.8) is 0 Å². The molecule has 3 aromatic rings. The van der Waals surface area contributed by atoms with Crippen LogP contribution >= 0.6 is 0 Å². The fourth-order valence-electron chi connectivity index (χ4n) is 5.65. The standard InChI is InChI=1S/C33H45FN4O9S2/c1-21-18-38(22(2)20-39)33(40)29-17-27(36-48(41,42)32-24(4)35-47-25(32)5)12-15-30(29)46-23(3)9-7-8-16-45-31(21)19-37(6)49(43,44)28-13-10-26(34)11-14-28/h10-15,17,21-23,31,36,39H,7-9,16,18-20H2,1-6H3/t21-,22+,23-,31-/m0/s1. The van der Waals surface area contributed by atoms with Gasteiger partial charge in [0.2, 0.25) is 10.0 Å². The Labute approximate surface area is 287 Å². The molecule has 2 heterocycles. The maximum Gasteiger partial charge on any atom is 0.267 e. The van der Waals surface area contributed by atoms with E-state index >= 15 is 0 Å². The highest BCUT2D eigenvalue weighted by Crippen LogP contribution is 2.30. The third-order valence-electron chi connectivity index (χ3n) is 8.50. The van der Waals surface area contributed by atoms with Crippen molar-refractivity contribution in [2.24, 2.45) is 5.92 Å². The van der Waals surface area contributed by atoms with Crippen LogP contribution in [0.2, 0.25) is 0 Å². The molecular formula is C33H45FN4O9S2. The summed E-state index contributed by atoms with van der Waals surface area (Å²) in [7, 11) is -6.71.